The molecule has 0 N–H and O–H groups in total. The molecule has 0 unspecified atom stereocenters. The Kier molecular flexibility index (Phi) is 3.88. The van der Waals surface area contributed by atoms with Crippen molar-refractivity contribution in [3.63, 3.8) is 0 Å². The SMILES string of the molecule is Cc1nc2ccccn2c1C(=O)N1CC(n2cc(CN3CCCC3=O)nn2)C1. The van der Waals surface area contributed by atoms with Crippen LogP contribution in [0.2, 0.25) is 0 Å². The van der Waals surface area contributed by atoms with Crippen LogP contribution in [0.1, 0.15) is 40.8 Å². The van der Waals surface area contributed by atoms with Crippen molar-refractivity contribution in [3.8, 4) is 0 Å². The van der Waals surface area contributed by atoms with E-state index in [0.29, 0.717) is 31.7 Å². The van der Waals surface area contributed by atoms with Crippen molar-refractivity contribution in [2.75, 3.05) is 19.6 Å². The average molecular weight is 379 g/mol. The highest BCUT2D eigenvalue weighted by atomic mass is 16.2. The third-order valence-corrected chi connectivity index (χ3v) is 5.51. The molecule has 28 heavy (non-hydrogen) atoms. The maximum Gasteiger partial charge on any atom is 0.272 e. The molecule has 2 saturated heterocycles. The van der Waals surface area contributed by atoms with Gasteiger partial charge in [-0.25, -0.2) is 9.67 Å². The second-order valence-electron chi connectivity index (χ2n) is 7.45. The molecule has 3 aromatic rings. The standard InChI is InChI=1S/C19H21N7O2/c1-13-18(25-8-3-2-5-16(25)20-13)19(28)24-11-15(12-24)26-10-14(21-22-26)9-23-7-4-6-17(23)27/h2-3,5,8,10,15H,4,6-7,9,11-12H2,1H3. The van der Waals surface area contributed by atoms with Gasteiger partial charge in [0, 0.05) is 32.3 Å². The van der Waals surface area contributed by atoms with Gasteiger partial charge in [0.05, 0.1) is 24.5 Å². The lowest BCUT2D eigenvalue weighted by Gasteiger charge is -2.38. The number of rotatable bonds is 4. The van der Waals surface area contributed by atoms with Gasteiger partial charge < -0.3 is 9.80 Å². The maximum atomic E-state index is 12.9. The highest BCUT2D eigenvalue weighted by Crippen LogP contribution is 2.24. The number of nitrogens with zero attached hydrogens (tertiary/aromatic N) is 7. The van der Waals surface area contributed by atoms with Crippen molar-refractivity contribution < 1.29 is 9.59 Å². The number of amides is 2. The molecule has 0 spiro atoms. The lowest BCUT2D eigenvalue weighted by Crippen LogP contribution is -2.51. The molecule has 2 aliphatic heterocycles. The zero-order valence-electron chi connectivity index (χ0n) is 15.7. The van der Waals surface area contributed by atoms with E-state index >= 15 is 0 Å². The van der Waals surface area contributed by atoms with E-state index < -0.39 is 0 Å². The zero-order valence-corrected chi connectivity index (χ0v) is 15.7. The minimum Gasteiger partial charge on any atom is -0.337 e. The summed E-state index contributed by atoms with van der Waals surface area (Å²) in [6.45, 7) is 4.33. The van der Waals surface area contributed by atoms with Gasteiger partial charge in [-0.15, -0.1) is 5.10 Å². The molecule has 5 heterocycles. The third-order valence-electron chi connectivity index (χ3n) is 5.51. The number of aromatic nitrogens is 5. The summed E-state index contributed by atoms with van der Waals surface area (Å²) in [5, 5.41) is 8.40. The normalized spacial score (nSPS) is 17.5. The molecule has 2 aliphatic rings. The van der Waals surface area contributed by atoms with Crippen LogP contribution < -0.4 is 0 Å². The fourth-order valence-electron chi connectivity index (χ4n) is 3.94. The highest BCUT2D eigenvalue weighted by Gasteiger charge is 2.35. The molecular weight excluding hydrogens is 358 g/mol. The number of carbonyl (C=O) groups is 2. The molecule has 2 fully saturated rings. The Morgan fingerprint density at radius 3 is 2.93 bits per heavy atom. The van der Waals surface area contributed by atoms with Gasteiger partial charge in [-0.2, -0.15) is 0 Å². The third kappa shape index (κ3) is 2.74. The molecule has 0 aliphatic carbocycles. The van der Waals surface area contributed by atoms with Crippen molar-refractivity contribution in [2.24, 2.45) is 0 Å². The Bertz CT molecular complexity index is 1060. The lowest BCUT2D eigenvalue weighted by atomic mass is 10.1. The van der Waals surface area contributed by atoms with Crippen LogP contribution in [-0.4, -0.2) is 65.6 Å². The average Bonchev–Trinajstić information content (AvgIpc) is 3.33. The van der Waals surface area contributed by atoms with Gasteiger partial charge in [0.25, 0.3) is 5.91 Å². The summed E-state index contributed by atoms with van der Waals surface area (Å²) in [6.07, 6.45) is 5.28. The van der Waals surface area contributed by atoms with E-state index in [2.05, 4.69) is 15.3 Å². The van der Waals surface area contributed by atoms with Crippen LogP contribution in [0.5, 0.6) is 0 Å². The molecule has 2 amide bonds. The number of aryl methyl sites for hydroxylation is 1. The van der Waals surface area contributed by atoms with E-state index in [-0.39, 0.29) is 17.9 Å². The van der Waals surface area contributed by atoms with Crippen LogP contribution in [0.3, 0.4) is 0 Å². The summed E-state index contributed by atoms with van der Waals surface area (Å²) >= 11 is 0. The van der Waals surface area contributed by atoms with Crippen molar-refractivity contribution in [1.29, 1.82) is 0 Å². The van der Waals surface area contributed by atoms with E-state index in [1.807, 2.05) is 46.8 Å². The summed E-state index contributed by atoms with van der Waals surface area (Å²) < 4.78 is 3.65. The molecule has 144 valence electrons. The fourth-order valence-corrected chi connectivity index (χ4v) is 3.94. The molecule has 9 nitrogen and oxygen atoms in total. The highest BCUT2D eigenvalue weighted by molar-refractivity contribution is 5.95. The first kappa shape index (κ1) is 16.9. The molecule has 0 saturated carbocycles. The van der Waals surface area contributed by atoms with Gasteiger partial charge in [-0.1, -0.05) is 11.3 Å². The topological polar surface area (TPSA) is 88.6 Å². The summed E-state index contributed by atoms with van der Waals surface area (Å²) in [5.41, 5.74) is 2.91. The van der Waals surface area contributed by atoms with Crippen LogP contribution in [0, 0.1) is 6.92 Å². The minimum absolute atomic E-state index is 0.0181. The van der Waals surface area contributed by atoms with Crippen LogP contribution >= 0.6 is 0 Å². The molecule has 0 aromatic carbocycles. The van der Waals surface area contributed by atoms with Crippen molar-refractivity contribution in [1.82, 2.24) is 34.2 Å². The second-order valence-corrected chi connectivity index (χ2v) is 7.45. The van der Waals surface area contributed by atoms with Gasteiger partial charge >= 0.3 is 0 Å². The van der Waals surface area contributed by atoms with Gasteiger partial charge in [-0.05, 0) is 25.5 Å². The van der Waals surface area contributed by atoms with Gasteiger partial charge in [-0.3, -0.25) is 14.0 Å². The van der Waals surface area contributed by atoms with Gasteiger partial charge in [0.1, 0.15) is 17.0 Å². The number of carbonyl (C=O) groups excluding carboxylic acids is 2. The molecule has 0 bridgehead atoms. The summed E-state index contributed by atoms with van der Waals surface area (Å²) in [7, 11) is 0. The van der Waals surface area contributed by atoms with E-state index in [1.54, 1.807) is 9.58 Å². The van der Waals surface area contributed by atoms with Crippen LogP contribution in [0.25, 0.3) is 5.65 Å². The Hall–Kier alpha value is -3.23. The first-order chi connectivity index (χ1) is 13.6. The predicted molar refractivity (Wildman–Crippen MR) is 99.5 cm³/mol. The van der Waals surface area contributed by atoms with E-state index in [9.17, 15) is 9.59 Å². The van der Waals surface area contributed by atoms with Crippen molar-refractivity contribution >= 4 is 17.5 Å². The number of hydrogen-bond acceptors (Lipinski definition) is 5. The predicted octanol–water partition coefficient (Wildman–Crippen LogP) is 1.05. The molecule has 9 heteroatoms. The van der Waals surface area contributed by atoms with Crippen LogP contribution in [0.4, 0.5) is 0 Å². The number of hydrogen-bond donors (Lipinski definition) is 0. The van der Waals surface area contributed by atoms with Gasteiger partial charge in [0.2, 0.25) is 5.91 Å². The van der Waals surface area contributed by atoms with Crippen molar-refractivity contribution in [2.45, 2.75) is 32.4 Å². The van der Waals surface area contributed by atoms with Gasteiger partial charge in [0.15, 0.2) is 0 Å². The summed E-state index contributed by atoms with van der Waals surface area (Å²) in [4.78, 5) is 32.8. The molecule has 0 atom stereocenters. The Morgan fingerprint density at radius 2 is 2.14 bits per heavy atom. The number of pyridine rings is 1. The lowest BCUT2D eigenvalue weighted by molar-refractivity contribution is -0.128. The van der Waals surface area contributed by atoms with Crippen LogP contribution in [0.15, 0.2) is 30.6 Å². The smallest absolute Gasteiger partial charge is 0.272 e. The monoisotopic (exact) mass is 379 g/mol. The second kappa shape index (κ2) is 6.43. The van der Waals surface area contributed by atoms with Crippen molar-refractivity contribution in [3.05, 3.63) is 47.7 Å². The Morgan fingerprint density at radius 1 is 1.29 bits per heavy atom. The molecule has 3 aromatic heterocycles. The van der Waals surface area contributed by atoms with E-state index in [1.165, 1.54) is 0 Å². The van der Waals surface area contributed by atoms with E-state index in [4.69, 9.17) is 0 Å². The first-order valence-electron chi connectivity index (χ1n) is 9.51. The number of imidazole rings is 1. The quantitative estimate of drug-likeness (QED) is 0.676. The Balaban J connectivity index is 1.25. The molecule has 5 rings (SSSR count). The molecule has 0 radical (unpaired) electrons. The Labute approximate surface area is 161 Å². The largest absolute Gasteiger partial charge is 0.337 e. The summed E-state index contributed by atoms with van der Waals surface area (Å²) in [5.74, 6) is 0.161. The van der Waals surface area contributed by atoms with Crippen LogP contribution in [-0.2, 0) is 11.3 Å². The van der Waals surface area contributed by atoms with E-state index in [0.717, 1.165) is 30.0 Å². The maximum absolute atomic E-state index is 12.9. The summed E-state index contributed by atoms with van der Waals surface area (Å²) in [6, 6.07) is 5.81. The fraction of sp³-hybridized carbons (Fsp3) is 0.421. The zero-order chi connectivity index (χ0) is 19.3. The molecular formula is C19H21N7O2. The number of likely N-dealkylation sites (tertiary alicyclic amines) is 2. The number of fused-ring (bicyclic) bond motifs is 1. The minimum atomic E-state index is -0.0181. The first-order valence-corrected chi connectivity index (χ1v) is 9.51.